The lowest BCUT2D eigenvalue weighted by molar-refractivity contribution is -0.120. The fraction of sp³-hybridized carbons (Fsp3) is 0.409. The van der Waals surface area contributed by atoms with Crippen molar-refractivity contribution in [1.29, 1.82) is 0 Å². The molecule has 3 atom stereocenters. The Morgan fingerprint density at radius 3 is 2.48 bits per heavy atom. The first-order chi connectivity index (χ1) is 12.5. The van der Waals surface area contributed by atoms with Gasteiger partial charge in [0, 0.05) is 24.7 Å². The summed E-state index contributed by atoms with van der Waals surface area (Å²) in [4.78, 5) is 15.0. The number of nitrogens with zero attached hydrogens (tertiary/aromatic N) is 1. The second-order valence-corrected chi connectivity index (χ2v) is 7.43. The molecule has 1 fully saturated rings. The van der Waals surface area contributed by atoms with E-state index in [4.69, 9.17) is 5.73 Å². The first kappa shape index (κ1) is 21.4. The zero-order chi connectivity index (χ0) is 18.7. The zero-order valence-electron chi connectivity index (χ0n) is 16.3. The van der Waals surface area contributed by atoms with E-state index in [1.165, 1.54) is 16.7 Å². The van der Waals surface area contributed by atoms with E-state index in [2.05, 4.69) is 48.3 Å². The number of likely N-dealkylation sites (tertiary alicyclic amines) is 1. The minimum Gasteiger partial charge on any atom is -0.330 e. The van der Waals surface area contributed by atoms with Crippen LogP contribution in [0.4, 0.5) is 5.69 Å². The Labute approximate surface area is 168 Å². The van der Waals surface area contributed by atoms with Crippen molar-refractivity contribution in [2.75, 3.05) is 25.0 Å². The normalized spacial score (nSPS) is 20.7. The Morgan fingerprint density at radius 1 is 1.15 bits per heavy atom. The molecule has 0 aliphatic carbocycles. The van der Waals surface area contributed by atoms with Gasteiger partial charge in [0.15, 0.2) is 0 Å². The van der Waals surface area contributed by atoms with E-state index in [1.807, 2.05) is 31.2 Å². The first-order valence-corrected chi connectivity index (χ1v) is 9.36. The highest BCUT2D eigenvalue weighted by Crippen LogP contribution is 2.33. The van der Waals surface area contributed by atoms with Crippen LogP contribution in [0.2, 0.25) is 0 Å². The van der Waals surface area contributed by atoms with Gasteiger partial charge in [-0.2, -0.15) is 0 Å². The Kier molecular flexibility index (Phi) is 7.42. The number of hydrogen-bond donors (Lipinski definition) is 2. The molecule has 27 heavy (non-hydrogen) atoms. The number of rotatable bonds is 5. The van der Waals surface area contributed by atoms with Gasteiger partial charge in [0.2, 0.25) is 5.91 Å². The molecule has 2 aromatic rings. The van der Waals surface area contributed by atoms with Gasteiger partial charge in [-0.25, -0.2) is 0 Å². The second-order valence-electron chi connectivity index (χ2n) is 7.43. The highest BCUT2D eigenvalue weighted by molar-refractivity contribution is 5.94. The number of carbonyl (C=O) groups excluding carboxylic acids is 1. The molecular weight excluding hydrogens is 358 g/mol. The van der Waals surface area contributed by atoms with E-state index in [-0.39, 0.29) is 24.4 Å². The van der Waals surface area contributed by atoms with Gasteiger partial charge < -0.3 is 11.1 Å². The monoisotopic (exact) mass is 387 g/mol. The smallest absolute Gasteiger partial charge is 0.241 e. The summed E-state index contributed by atoms with van der Waals surface area (Å²) in [5, 5.41) is 3.06. The predicted molar refractivity (Wildman–Crippen MR) is 115 cm³/mol. The standard InChI is InChI=1S/C22H29N3O.ClH/c1-15-9-10-20(11-16(15)2)24-22(26)17(3)25-13-19(12-23)21(14-25)18-7-5-4-6-8-18;/h4-11,17,19,21H,12-14,23H2,1-3H3,(H,24,26);1H/t17?,19-,21+;/m1./s1. The van der Waals surface area contributed by atoms with Gasteiger partial charge in [-0.15, -0.1) is 12.4 Å². The molecule has 1 unspecified atom stereocenters. The van der Waals surface area contributed by atoms with E-state index in [0.717, 1.165) is 18.8 Å². The van der Waals surface area contributed by atoms with Crippen LogP contribution >= 0.6 is 12.4 Å². The van der Waals surface area contributed by atoms with E-state index in [9.17, 15) is 4.79 Å². The van der Waals surface area contributed by atoms with Crippen LogP contribution in [0.1, 0.15) is 29.5 Å². The molecule has 0 bridgehead atoms. The second kappa shape index (κ2) is 9.36. The molecule has 4 nitrogen and oxygen atoms in total. The molecule has 0 saturated carbocycles. The number of amides is 1. The van der Waals surface area contributed by atoms with Crippen LogP contribution in [-0.4, -0.2) is 36.5 Å². The minimum atomic E-state index is -0.181. The number of nitrogens with one attached hydrogen (secondary N) is 1. The molecule has 0 radical (unpaired) electrons. The average molecular weight is 388 g/mol. The fourth-order valence-corrected chi connectivity index (χ4v) is 3.77. The SMILES string of the molecule is Cc1ccc(NC(=O)C(C)N2C[C@@H](CN)[C@H](c3ccccc3)C2)cc1C.Cl. The minimum absolute atomic E-state index is 0. The van der Waals surface area contributed by atoms with Gasteiger partial charge in [0.1, 0.15) is 0 Å². The largest absolute Gasteiger partial charge is 0.330 e. The maximum atomic E-state index is 12.7. The van der Waals surface area contributed by atoms with Crippen LogP contribution in [0.5, 0.6) is 0 Å². The third-order valence-corrected chi connectivity index (χ3v) is 5.70. The zero-order valence-corrected chi connectivity index (χ0v) is 17.1. The number of aryl methyl sites for hydroxylation is 2. The highest BCUT2D eigenvalue weighted by Gasteiger charge is 2.36. The quantitative estimate of drug-likeness (QED) is 0.821. The molecule has 1 amide bonds. The summed E-state index contributed by atoms with van der Waals surface area (Å²) in [6.45, 7) is 8.49. The summed E-state index contributed by atoms with van der Waals surface area (Å²) in [5.41, 5.74) is 10.6. The molecule has 1 aliphatic rings. The Balaban J connectivity index is 0.00000261. The van der Waals surface area contributed by atoms with Gasteiger partial charge in [0.05, 0.1) is 6.04 Å². The summed E-state index contributed by atoms with van der Waals surface area (Å²) in [6.07, 6.45) is 0. The average Bonchev–Trinajstić information content (AvgIpc) is 3.09. The number of anilines is 1. The fourth-order valence-electron chi connectivity index (χ4n) is 3.77. The lowest BCUT2D eigenvalue weighted by atomic mass is 9.89. The van der Waals surface area contributed by atoms with E-state index in [1.54, 1.807) is 0 Å². The number of carbonyl (C=O) groups is 1. The van der Waals surface area contributed by atoms with Crippen molar-refractivity contribution in [2.45, 2.75) is 32.7 Å². The third kappa shape index (κ3) is 4.89. The molecule has 0 spiro atoms. The molecule has 0 aromatic heterocycles. The molecule has 2 aromatic carbocycles. The van der Waals surface area contributed by atoms with Crippen LogP contribution < -0.4 is 11.1 Å². The highest BCUT2D eigenvalue weighted by atomic mass is 35.5. The number of hydrogen-bond acceptors (Lipinski definition) is 3. The third-order valence-electron chi connectivity index (χ3n) is 5.70. The molecule has 5 heteroatoms. The van der Waals surface area contributed by atoms with E-state index >= 15 is 0 Å². The van der Waals surface area contributed by atoms with Crippen LogP contribution in [0, 0.1) is 19.8 Å². The van der Waals surface area contributed by atoms with Crippen LogP contribution in [-0.2, 0) is 4.79 Å². The molecule has 146 valence electrons. The van der Waals surface area contributed by atoms with Crippen molar-refractivity contribution < 1.29 is 4.79 Å². The maximum Gasteiger partial charge on any atom is 0.241 e. The predicted octanol–water partition coefficient (Wildman–Crippen LogP) is 3.73. The summed E-state index contributed by atoms with van der Waals surface area (Å²) < 4.78 is 0. The number of nitrogens with two attached hydrogens (primary N) is 1. The lowest BCUT2D eigenvalue weighted by Gasteiger charge is -2.23. The van der Waals surface area contributed by atoms with Gasteiger partial charge in [-0.1, -0.05) is 36.4 Å². The van der Waals surface area contributed by atoms with Gasteiger partial charge in [-0.05, 0) is 62.1 Å². The van der Waals surface area contributed by atoms with E-state index < -0.39 is 0 Å². The van der Waals surface area contributed by atoms with Crippen molar-refractivity contribution in [1.82, 2.24) is 4.90 Å². The first-order valence-electron chi connectivity index (χ1n) is 9.36. The van der Waals surface area contributed by atoms with Crippen LogP contribution in [0.3, 0.4) is 0 Å². The Bertz CT molecular complexity index is 765. The van der Waals surface area contributed by atoms with Crippen LogP contribution in [0.15, 0.2) is 48.5 Å². The van der Waals surface area contributed by atoms with E-state index in [0.29, 0.717) is 18.4 Å². The molecule has 3 rings (SSSR count). The molecule has 1 saturated heterocycles. The number of benzene rings is 2. The van der Waals surface area contributed by atoms with Crippen molar-refractivity contribution in [2.24, 2.45) is 11.7 Å². The molecule has 1 heterocycles. The van der Waals surface area contributed by atoms with Crippen molar-refractivity contribution in [3.63, 3.8) is 0 Å². The van der Waals surface area contributed by atoms with Crippen molar-refractivity contribution in [3.05, 3.63) is 65.2 Å². The van der Waals surface area contributed by atoms with Gasteiger partial charge in [0.25, 0.3) is 0 Å². The molecule has 1 aliphatic heterocycles. The van der Waals surface area contributed by atoms with Crippen molar-refractivity contribution in [3.8, 4) is 0 Å². The lowest BCUT2D eigenvalue weighted by Crippen LogP contribution is -2.41. The topological polar surface area (TPSA) is 58.4 Å². The molecule has 3 N–H and O–H groups in total. The maximum absolute atomic E-state index is 12.7. The van der Waals surface area contributed by atoms with Crippen molar-refractivity contribution >= 4 is 24.0 Å². The summed E-state index contributed by atoms with van der Waals surface area (Å²) in [6, 6.07) is 16.4. The Hall–Kier alpha value is -1.88. The van der Waals surface area contributed by atoms with Gasteiger partial charge >= 0.3 is 0 Å². The van der Waals surface area contributed by atoms with Gasteiger partial charge in [-0.3, -0.25) is 9.69 Å². The molecular formula is C22H30ClN3O. The Morgan fingerprint density at radius 2 is 1.85 bits per heavy atom. The summed E-state index contributed by atoms with van der Waals surface area (Å²) in [5.74, 6) is 0.810. The summed E-state index contributed by atoms with van der Waals surface area (Å²) >= 11 is 0. The number of halogens is 1. The summed E-state index contributed by atoms with van der Waals surface area (Å²) in [7, 11) is 0. The van der Waals surface area contributed by atoms with Crippen LogP contribution in [0.25, 0.3) is 0 Å².